The molecule has 240 valence electrons. The normalized spacial score (nSPS) is 11.2. The first-order valence-corrected chi connectivity index (χ1v) is 16.3. The molecule has 1 amide bonds. The Labute approximate surface area is 291 Å². The van der Waals surface area contributed by atoms with Crippen LogP contribution in [0.25, 0.3) is 33.7 Å². The van der Waals surface area contributed by atoms with Gasteiger partial charge in [0, 0.05) is 28.6 Å². The molecule has 4 aromatic rings. The number of halogens is 3. The second kappa shape index (κ2) is 17.1. The van der Waals surface area contributed by atoms with Crippen LogP contribution in [0, 0.1) is 0 Å². The zero-order valence-corrected chi connectivity index (χ0v) is 30.2. The van der Waals surface area contributed by atoms with Gasteiger partial charge in [0.25, 0.3) is 5.91 Å². The molecular formula is C36H42Br2ClN3O3. The van der Waals surface area contributed by atoms with Crippen molar-refractivity contribution in [2.45, 2.75) is 39.0 Å². The topological polar surface area (TPSA) is 64.4 Å². The van der Waals surface area contributed by atoms with E-state index in [2.05, 4.69) is 79.7 Å². The van der Waals surface area contributed by atoms with E-state index in [-0.39, 0.29) is 22.9 Å². The molecule has 0 saturated carbocycles. The van der Waals surface area contributed by atoms with Crippen LogP contribution >= 0.6 is 27.5 Å². The van der Waals surface area contributed by atoms with Gasteiger partial charge in [-0.2, -0.15) is 0 Å². The van der Waals surface area contributed by atoms with E-state index in [9.17, 15) is 4.79 Å². The van der Waals surface area contributed by atoms with Crippen LogP contribution in [0.5, 0.6) is 5.75 Å². The summed E-state index contributed by atoms with van der Waals surface area (Å²) in [5.74, 6) is 1.46. The monoisotopic (exact) mass is 757 g/mol. The van der Waals surface area contributed by atoms with Crippen molar-refractivity contribution in [1.29, 1.82) is 0 Å². The molecule has 0 atom stereocenters. The van der Waals surface area contributed by atoms with Gasteiger partial charge in [-0.05, 0) is 94.3 Å². The number of carbonyl (C=O) groups is 1. The van der Waals surface area contributed by atoms with Gasteiger partial charge in [-0.25, -0.2) is 4.98 Å². The van der Waals surface area contributed by atoms with Crippen molar-refractivity contribution in [3.05, 3.63) is 94.5 Å². The molecule has 1 aromatic heterocycles. The highest BCUT2D eigenvalue weighted by molar-refractivity contribution is 9.10. The van der Waals surface area contributed by atoms with E-state index >= 15 is 0 Å². The van der Waals surface area contributed by atoms with Gasteiger partial charge in [0.1, 0.15) is 11.3 Å². The number of amides is 1. The number of rotatable bonds is 16. The smallest absolute Gasteiger partial charge is 0.275 e. The molecule has 0 aliphatic heterocycles. The summed E-state index contributed by atoms with van der Waals surface area (Å²) < 4.78 is 14.0. The summed E-state index contributed by atoms with van der Waals surface area (Å²) in [5.41, 5.74) is 6.46. The van der Waals surface area contributed by atoms with E-state index in [1.165, 1.54) is 0 Å². The van der Waals surface area contributed by atoms with Crippen molar-refractivity contribution >= 4 is 44.5 Å². The predicted octanol–water partition coefficient (Wildman–Crippen LogP) is 5.80. The number of carbonyl (C=O) groups excluding carboxylic acids is 1. The van der Waals surface area contributed by atoms with Crippen LogP contribution in [-0.4, -0.2) is 55.7 Å². The Balaban J connectivity index is 0.00000552. The van der Waals surface area contributed by atoms with Crippen LogP contribution in [0.3, 0.4) is 0 Å². The second-order valence-corrected chi connectivity index (χ2v) is 12.9. The quantitative estimate of drug-likeness (QED) is 0.0892. The Kier molecular flexibility index (Phi) is 13.9. The summed E-state index contributed by atoms with van der Waals surface area (Å²) in [6.45, 7) is 12.6. The lowest BCUT2D eigenvalue weighted by Gasteiger charge is -2.29. The molecule has 0 spiro atoms. The number of hydrogen-bond donors (Lipinski definition) is 1. The van der Waals surface area contributed by atoms with E-state index in [0.717, 1.165) is 81.5 Å². The highest BCUT2D eigenvalue weighted by Crippen LogP contribution is 2.37. The number of fused-ring (bicyclic) bond motifs is 1. The second-order valence-electron chi connectivity index (χ2n) is 11.7. The Morgan fingerprint density at radius 1 is 1.07 bits per heavy atom. The number of aromatic nitrogens is 1. The Bertz CT molecular complexity index is 1630. The summed E-state index contributed by atoms with van der Waals surface area (Å²) in [6.07, 6.45) is 8.06. The molecule has 0 radical (unpaired) electrons. The van der Waals surface area contributed by atoms with Crippen LogP contribution < -0.4 is 27.0 Å². The van der Waals surface area contributed by atoms with Crippen LogP contribution in [0.1, 0.15) is 37.3 Å². The van der Waals surface area contributed by atoms with Crippen LogP contribution in [0.4, 0.5) is 0 Å². The summed E-state index contributed by atoms with van der Waals surface area (Å²) in [4.78, 5) is 17.1. The molecule has 3 aromatic carbocycles. The fraction of sp³-hybridized carbons (Fsp3) is 0.333. The molecule has 0 aliphatic carbocycles. The summed E-state index contributed by atoms with van der Waals surface area (Å²) in [7, 11) is 4.17. The van der Waals surface area contributed by atoms with E-state index in [4.69, 9.17) is 25.7 Å². The number of ether oxygens (including phenoxy) is 1. The van der Waals surface area contributed by atoms with Gasteiger partial charge in [-0.1, -0.05) is 43.2 Å². The van der Waals surface area contributed by atoms with Gasteiger partial charge >= 0.3 is 0 Å². The van der Waals surface area contributed by atoms with Crippen molar-refractivity contribution in [2.75, 3.05) is 40.3 Å². The Morgan fingerprint density at radius 3 is 2.53 bits per heavy atom. The zero-order valence-electron chi connectivity index (χ0n) is 26.3. The SMILES string of the molecule is C=CCc1cc(-c2ccc(OCCC[N+](C)(C)CC(=O)NCCCC)c(CC=C)c2)c2oc(-c3ccc(Cl)c(Br)c3)nc2c1.[Br-]. The molecule has 45 heavy (non-hydrogen) atoms. The average Bonchev–Trinajstić information content (AvgIpc) is 3.41. The maximum atomic E-state index is 12.3. The number of unbranched alkanes of at least 4 members (excludes halogenated alkanes) is 1. The zero-order chi connectivity index (χ0) is 31.7. The first kappa shape index (κ1) is 36.6. The summed E-state index contributed by atoms with van der Waals surface area (Å²) in [5, 5.41) is 3.64. The lowest BCUT2D eigenvalue weighted by molar-refractivity contribution is -0.882. The minimum absolute atomic E-state index is 0. The number of benzene rings is 3. The molecule has 0 unspecified atom stereocenters. The number of nitrogens with one attached hydrogen (secondary N) is 1. The van der Waals surface area contributed by atoms with Crippen LogP contribution in [0.2, 0.25) is 5.02 Å². The molecule has 0 saturated heterocycles. The third kappa shape index (κ3) is 10.0. The summed E-state index contributed by atoms with van der Waals surface area (Å²) >= 11 is 9.72. The first-order valence-electron chi connectivity index (χ1n) is 15.1. The van der Waals surface area contributed by atoms with Gasteiger partial charge < -0.3 is 35.9 Å². The minimum Gasteiger partial charge on any atom is -1.00 e. The minimum atomic E-state index is 0. The standard InChI is InChI=1S/C36H41BrClN3O3.BrH/c1-6-9-17-39-34(42)24-41(4,5)18-10-19-43-33-16-14-26(22-27(33)12-8-3)29-20-25(11-7-2)21-32-35(29)44-36(40-32)28-13-15-31(38)30(37)23-28;/h7-8,13-16,20-23H,2-3,6,9-12,17-19,24H2,1,4-5H3;1H. The lowest BCUT2D eigenvalue weighted by Crippen LogP contribution is -3.00. The average molecular weight is 760 g/mol. The van der Waals surface area contributed by atoms with E-state index in [1.54, 1.807) is 0 Å². The van der Waals surface area contributed by atoms with Crippen molar-refractivity contribution in [3.63, 3.8) is 0 Å². The molecule has 1 N–H and O–H groups in total. The third-order valence-electron chi connectivity index (χ3n) is 7.42. The third-order valence-corrected chi connectivity index (χ3v) is 8.64. The number of likely N-dealkylation sites (N-methyl/N-ethyl adjacent to an activating group) is 1. The molecule has 0 aliphatic rings. The predicted molar refractivity (Wildman–Crippen MR) is 185 cm³/mol. The highest BCUT2D eigenvalue weighted by Gasteiger charge is 2.20. The molecule has 9 heteroatoms. The van der Waals surface area contributed by atoms with Gasteiger partial charge in [0.15, 0.2) is 12.1 Å². The maximum absolute atomic E-state index is 12.3. The Hall–Kier alpha value is -2.91. The molecule has 0 bridgehead atoms. The first-order chi connectivity index (χ1) is 21.1. The number of quaternary nitrogens is 1. The molecule has 6 nitrogen and oxygen atoms in total. The van der Waals surface area contributed by atoms with Crippen molar-refractivity contribution < 1.29 is 35.4 Å². The van der Waals surface area contributed by atoms with Gasteiger partial charge in [0.05, 0.1) is 32.3 Å². The number of hydrogen-bond acceptors (Lipinski definition) is 4. The van der Waals surface area contributed by atoms with E-state index in [0.29, 0.717) is 41.4 Å². The highest BCUT2D eigenvalue weighted by atomic mass is 79.9. The molecule has 4 rings (SSSR count). The van der Waals surface area contributed by atoms with Crippen molar-refractivity contribution in [2.24, 2.45) is 0 Å². The number of allylic oxidation sites excluding steroid dienone is 2. The molecule has 1 heterocycles. The summed E-state index contributed by atoms with van der Waals surface area (Å²) in [6, 6.07) is 16.1. The van der Waals surface area contributed by atoms with Crippen LogP contribution in [-0.2, 0) is 17.6 Å². The fourth-order valence-electron chi connectivity index (χ4n) is 5.15. The lowest BCUT2D eigenvalue weighted by atomic mass is 9.97. The van der Waals surface area contributed by atoms with Gasteiger partial charge in [-0.3, -0.25) is 4.79 Å². The van der Waals surface area contributed by atoms with Crippen LogP contribution in [0.15, 0.2) is 82.7 Å². The van der Waals surface area contributed by atoms with Gasteiger partial charge in [-0.15, -0.1) is 13.2 Å². The molecular weight excluding hydrogens is 718 g/mol. The largest absolute Gasteiger partial charge is 1.00 e. The Morgan fingerprint density at radius 2 is 1.82 bits per heavy atom. The van der Waals surface area contributed by atoms with Crippen molar-refractivity contribution in [1.82, 2.24) is 10.3 Å². The molecule has 0 fully saturated rings. The fourth-order valence-corrected chi connectivity index (χ4v) is 5.64. The van der Waals surface area contributed by atoms with E-state index < -0.39 is 0 Å². The van der Waals surface area contributed by atoms with Gasteiger partial charge in [0.2, 0.25) is 5.89 Å². The van der Waals surface area contributed by atoms with E-state index in [1.807, 2.05) is 36.4 Å². The maximum Gasteiger partial charge on any atom is 0.275 e. The van der Waals surface area contributed by atoms with Crippen molar-refractivity contribution in [3.8, 4) is 28.3 Å². The number of oxazole rings is 1. The number of nitrogens with zero attached hydrogens (tertiary/aromatic N) is 2.